The van der Waals surface area contributed by atoms with Crippen molar-refractivity contribution >= 4 is 17.8 Å². The highest BCUT2D eigenvalue weighted by atomic mass is 32.2. The molecule has 1 aromatic carbocycles. The zero-order valence-corrected chi connectivity index (χ0v) is 17.6. The minimum absolute atomic E-state index is 0.0287. The van der Waals surface area contributed by atoms with Gasteiger partial charge in [0.1, 0.15) is 16.9 Å². The molecule has 6 rings (SSSR count). The number of methoxy groups -OCH3 is 2. The lowest BCUT2D eigenvalue weighted by molar-refractivity contribution is -0.0156. The van der Waals surface area contributed by atoms with E-state index in [1.807, 2.05) is 23.1 Å². The zero-order valence-electron chi connectivity index (χ0n) is 16.8. The molecule has 1 aliphatic heterocycles. The molecule has 4 saturated carbocycles. The second-order valence-corrected chi connectivity index (χ2v) is 10.3. The Labute approximate surface area is 171 Å². The van der Waals surface area contributed by atoms with E-state index in [-0.39, 0.29) is 16.9 Å². The number of hydrogen-bond donors (Lipinski definition) is 1. The Bertz CT molecular complexity index is 733. The maximum absolute atomic E-state index is 13.4. The van der Waals surface area contributed by atoms with Crippen molar-refractivity contribution in [2.24, 2.45) is 17.8 Å². The molecule has 0 unspecified atom stereocenters. The molecular weight excluding hydrogens is 372 g/mol. The van der Waals surface area contributed by atoms with Crippen LogP contribution in [0.5, 0.6) is 11.5 Å². The number of benzene rings is 1. The predicted molar refractivity (Wildman–Crippen MR) is 111 cm³/mol. The molecule has 152 valence electrons. The number of carbonyl (C=O) groups excluding carboxylic acids is 1. The second kappa shape index (κ2) is 7.05. The summed E-state index contributed by atoms with van der Waals surface area (Å²) in [5, 5.41) is 3.51. The zero-order chi connectivity index (χ0) is 19.3. The Morgan fingerprint density at radius 3 is 2.39 bits per heavy atom. The summed E-state index contributed by atoms with van der Waals surface area (Å²) in [6.45, 7) is 0.772. The first-order valence-electron chi connectivity index (χ1n) is 10.5. The third-order valence-electron chi connectivity index (χ3n) is 7.27. The summed E-state index contributed by atoms with van der Waals surface area (Å²) in [4.78, 5) is 15.4. The number of amides is 2. The van der Waals surface area contributed by atoms with Crippen LogP contribution < -0.4 is 14.8 Å². The van der Waals surface area contributed by atoms with Crippen LogP contribution in [0.1, 0.15) is 49.5 Å². The van der Waals surface area contributed by atoms with Gasteiger partial charge < -0.3 is 19.7 Å². The van der Waals surface area contributed by atoms with Gasteiger partial charge in [0.05, 0.1) is 14.2 Å². The van der Waals surface area contributed by atoms with Crippen molar-refractivity contribution in [2.75, 3.05) is 26.5 Å². The standard InChI is InChI=1S/C22H30N2O3S/c1-26-17-3-4-19(27-2)18(10-17)20-24(5-6-28-20)21(25)23-22-11-14-7-15(12-22)9-16(8-14)13-22/h3-4,10,14-16,20H,5-9,11-13H2,1-2H3,(H,23,25)/t14?,15?,16?,20-,22?/m1/s1. The second-order valence-electron chi connectivity index (χ2n) is 9.15. The van der Waals surface area contributed by atoms with Gasteiger partial charge in [0.2, 0.25) is 0 Å². The van der Waals surface area contributed by atoms with E-state index in [1.54, 1.807) is 26.0 Å². The molecule has 4 aliphatic carbocycles. The average molecular weight is 403 g/mol. The number of thioether (sulfide) groups is 1. The first-order valence-corrected chi connectivity index (χ1v) is 11.6. The minimum Gasteiger partial charge on any atom is -0.497 e. The van der Waals surface area contributed by atoms with Gasteiger partial charge in [0.25, 0.3) is 0 Å². The number of nitrogens with one attached hydrogen (secondary N) is 1. The Morgan fingerprint density at radius 2 is 1.79 bits per heavy atom. The summed E-state index contributed by atoms with van der Waals surface area (Å²) in [7, 11) is 3.36. The number of nitrogens with zero attached hydrogens (tertiary/aromatic N) is 1. The molecule has 1 aromatic rings. The van der Waals surface area contributed by atoms with Gasteiger partial charge in [-0.3, -0.25) is 0 Å². The number of hydrogen-bond acceptors (Lipinski definition) is 4. The molecular formula is C22H30N2O3S. The van der Waals surface area contributed by atoms with Gasteiger partial charge in [-0.2, -0.15) is 0 Å². The van der Waals surface area contributed by atoms with Gasteiger partial charge in [0.15, 0.2) is 0 Å². The van der Waals surface area contributed by atoms with E-state index in [0.29, 0.717) is 0 Å². The third kappa shape index (κ3) is 3.14. The smallest absolute Gasteiger partial charge is 0.319 e. The molecule has 0 aromatic heterocycles. The highest BCUT2D eigenvalue weighted by Crippen LogP contribution is 2.56. The van der Waals surface area contributed by atoms with E-state index in [4.69, 9.17) is 9.47 Å². The van der Waals surface area contributed by atoms with Gasteiger partial charge in [-0.05, 0) is 74.5 Å². The molecule has 4 bridgehead atoms. The number of ether oxygens (including phenoxy) is 2. The number of carbonyl (C=O) groups is 1. The van der Waals surface area contributed by atoms with Crippen molar-refractivity contribution in [1.82, 2.24) is 10.2 Å². The van der Waals surface area contributed by atoms with Crippen molar-refractivity contribution in [3.05, 3.63) is 23.8 Å². The summed E-state index contributed by atoms with van der Waals surface area (Å²) in [6, 6.07) is 5.94. The fourth-order valence-corrected chi connectivity index (χ4v) is 7.80. The summed E-state index contributed by atoms with van der Waals surface area (Å²) in [6.07, 6.45) is 7.70. The molecule has 1 saturated heterocycles. The van der Waals surface area contributed by atoms with Gasteiger partial charge in [0, 0.05) is 23.4 Å². The fourth-order valence-electron chi connectivity index (χ4n) is 6.53. The Balaban J connectivity index is 1.37. The van der Waals surface area contributed by atoms with Crippen molar-refractivity contribution < 1.29 is 14.3 Å². The van der Waals surface area contributed by atoms with Gasteiger partial charge >= 0.3 is 6.03 Å². The molecule has 5 nitrogen and oxygen atoms in total. The van der Waals surface area contributed by atoms with Crippen LogP contribution in [0.25, 0.3) is 0 Å². The van der Waals surface area contributed by atoms with E-state index in [1.165, 1.54) is 38.5 Å². The quantitative estimate of drug-likeness (QED) is 0.809. The largest absolute Gasteiger partial charge is 0.497 e. The molecule has 0 radical (unpaired) electrons. The Kier molecular flexibility index (Phi) is 4.65. The van der Waals surface area contributed by atoms with Crippen LogP contribution in [0.2, 0.25) is 0 Å². The van der Waals surface area contributed by atoms with Crippen LogP contribution in [0.15, 0.2) is 18.2 Å². The molecule has 6 heteroatoms. The summed E-state index contributed by atoms with van der Waals surface area (Å²) < 4.78 is 11.0. The molecule has 0 spiro atoms. The minimum atomic E-state index is -0.0287. The molecule has 1 heterocycles. The summed E-state index contributed by atoms with van der Waals surface area (Å²) in [5.74, 6) is 5.04. The highest BCUT2D eigenvalue weighted by molar-refractivity contribution is 7.99. The maximum Gasteiger partial charge on any atom is 0.319 e. The van der Waals surface area contributed by atoms with Gasteiger partial charge in [-0.1, -0.05) is 0 Å². The van der Waals surface area contributed by atoms with Crippen LogP contribution >= 0.6 is 11.8 Å². The molecule has 1 N–H and O–H groups in total. The van der Waals surface area contributed by atoms with E-state index < -0.39 is 0 Å². The molecule has 28 heavy (non-hydrogen) atoms. The lowest BCUT2D eigenvalue weighted by Gasteiger charge is -2.57. The first kappa shape index (κ1) is 18.5. The molecule has 1 atom stereocenters. The van der Waals surface area contributed by atoms with Gasteiger partial charge in [-0.25, -0.2) is 4.79 Å². The Hall–Kier alpha value is -1.56. The van der Waals surface area contributed by atoms with Crippen LogP contribution in [0.3, 0.4) is 0 Å². The maximum atomic E-state index is 13.4. The van der Waals surface area contributed by atoms with Crippen LogP contribution in [0, 0.1) is 17.8 Å². The predicted octanol–water partition coefficient (Wildman–Crippen LogP) is 4.43. The van der Waals surface area contributed by atoms with Gasteiger partial charge in [-0.15, -0.1) is 11.8 Å². The van der Waals surface area contributed by atoms with E-state index in [0.717, 1.165) is 47.1 Å². The van der Waals surface area contributed by atoms with Crippen LogP contribution in [-0.2, 0) is 0 Å². The number of rotatable bonds is 4. The SMILES string of the molecule is COc1ccc(OC)c([C@H]2SCCN2C(=O)NC23CC4CC(CC(C4)C2)C3)c1. The van der Waals surface area contributed by atoms with Crippen molar-refractivity contribution in [1.29, 1.82) is 0 Å². The average Bonchev–Trinajstić information content (AvgIpc) is 3.16. The molecule has 2 amide bonds. The van der Waals surface area contributed by atoms with E-state index >= 15 is 0 Å². The van der Waals surface area contributed by atoms with E-state index in [9.17, 15) is 4.79 Å². The number of urea groups is 1. The van der Waals surface area contributed by atoms with Crippen molar-refractivity contribution in [3.8, 4) is 11.5 Å². The van der Waals surface area contributed by atoms with Crippen molar-refractivity contribution in [2.45, 2.75) is 49.4 Å². The third-order valence-corrected chi connectivity index (χ3v) is 8.51. The first-order chi connectivity index (χ1) is 13.6. The van der Waals surface area contributed by atoms with Crippen LogP contribution in [0.4, 0.5) is 4.79 Å². The monoisotopic (exact) mass is 402 g/mol. The van der Waals surface area contributed by atoms with Crippen molar-refractivity contribution in [3.63, 3.8) is 0 Å². The fraction of sp³-hybridized carbons (Fsp3) is 0.682. The molecule has 5 aliphatic rings. The summed E-state index contributed by atoms with van der Waals surface area (Å²) >= 11 is 1.80. The van der Waals surface area contributed by atoms with E-state index in [2.05, 4.69) is 5.32 Å². The molecule has 5 fully saturated rings. The topological polar surface area (TPSA) is 50.8 Å². The highest BCUT2D eigenvalue weighted by Gasteiger charge is 2.52. The van der Waals surface area contributed by atoms with Crippen LogP contribution in [-0.4, -0.2) is 43.0 Å². The Morgan fingerprint density at radius 1 is 1.11 bits per heavy atom. The lowest BCUT2D eigenvalue weighted by Crippen LogP contribution is -2.61. The normalized spacial score (nSPS) is 35.9. The summed E-state index contributed by atoms with van der Waals surface area (Å²) in [5.41, 5.74) is 1.06. The lowest BCUT2D eigenvalue weighted by atomic mass is 9.53.